The van der Waals surface area contributed by atoms with Gasteiger partial charge in [0.25, 0.3) is 11.7 Å². The molecule has 1 heterocycles. The summed E-state index contributed by atoms with van der Waals surface area (Å²) in [7, 11) is 1.56. The van der Waals surface area contributed by atoms with E-state index in [9.17, 15) is 14.7 Å². The molecular formula is C29H29NO4. The number of ketones is 1. The number of hydrogen-bond donors (Lipinski definition) is 1. The number of methoxy groups -OCH3 is 1. The van der Waals surface area contributed by atoms with Crippen LogP contribution in [-0.2, 0) is 21.5 Å². The molecule has 174 valence electrons. The number of nitrogens with zero attached hydrogens (tertiary/aromatic N) is 1. The predicted molar refractivity (Wildman–Crippen MR) is 132 cm³/mol. The van der Waals surface area contributed by atoms with Crippen molar-refractivity contribution in [3.63, 3.8) is 0 Å². The highest BCUT2D eigenvalue weighted by atomic mass is 16.5. The lowest BCUT2D eigenvalue weighted by molar-refractivity contribution is -0.140. The highest BCUT2D eigenvalue weighted by Crippen LogP contribution is 2.41. The van der Waals surface area contributed by atoms with Crippen LogP contribution < -0.4 is 4.74 Å². The molecule has 3 aromatic rings. The molecule has 5 nitrogen and oxygen atoms in total. The summed E-state index contributed by atoms with van der Waals surface area (Å²) >= 11 is 0. The van der Waals surface area contributed by atoms with Gasteiger partial charge in [0.1, 0.15) is 11.5 Å². The van der Waals surface area contributed by atoms with Crippen molar-refractivity contribution in [2.75, 3.05) is 7.11 Å². The van der Waals surface area contributed by atoms with Gasteiger partial charge in [-0.3, -0.25) is 9.59 Å². The molecular weight excluding hydrogens is 426 g/mol. The zero-order chi connectivity index (χ0) is 24.5. The minimum atomic E-state index is -0.698. The van der Waals surface area contributed by atoms with Crippen LogP contribution in [0.1, 0.15) is 49.1 Å². The summed E-state index contributed by atoms with van der Waals surface area (Å²) in [6, 6.07) is 23.5. The van der Waals surface area contributed by atoms with E-state index in [-0.39, 0.29) is 23.3 Å². The zero-order valence-electron chi connectivity index (χ0n) is 19.9. The van der Waals surface area contributed by atoms with Gasteiger partial charge in [-0.25, -0.2) is 0 Å². The van der Waals surface area contributed by atoms with Crippen LogP contribution in [0.3, 0.4) is 0 Å². The van der Waals surface area contributed by atoms with E-state index in [2.05, 4.69) is 20.8 Å². The smallest absolute Gasteiger partial charge is 0.295 e. The highest BCUT2D eigenvalue weighted by Gasteiger charge is 2.46. The molecule has 1 aliphatic heterocycles. The fourth-order valence-electron chi connectivity index (χ4n) is 4.24. The first-order valence-electron chi connectivity index (χ1n) is 11.3. The standard InChI is InChI=1S/C29H29NO4/c1-29(2,3)22-14-10-20(11-15-22)25-24(26(31)21-12-16-23(34-4)17-13-21)27(32)28(33)30(25)18-19-8-6-5-7-9-19/h5-17,25,31H,18H2,1-4H3/b26-24+. The number of aliphatic hydroxyl groups excluding tert-OH is 1. The van der Waals surface area contributed by atoms with Gasteiger partial charge in [-0.15, -0.1) is 0 Å². The van der Waals surface area contributed by atoms with Crippen LogP contribution in [0.15, 0.2) is 84.4 Å². The second-order valence-corrected chi connectivity index (χ2v) is 9.51. The summed E-state index contributed by atoms with van der Waals surface area (Å²) in [5.41, 5.74) is 3.34. The summed E-state index contributed by atoms with van der Waals surface area (Å²) in [5.74, 6) is -0.866. The van der Waals surface area contributed by atoms with E-state index in [1.54, 1.807) is 36.3 Å². The number of aliphatic hydroxyl groups is 1. The second kappa shape index (κ2) is 9.18. The Kier molecular flexibility index (Phi) is 6.29. The number of amides is 1. The van der Waals surface area contributed by atoms with Gasteiger partial charge in [-0.2, -0.15) is 0 Å². The van der Waals surface area contributed by atoms with Crippen molar-refractivity contribution in [3.8, 4) is 5.75 Å². The van der Waals surface area contributed by atoms with Crippen molar-refractivity contribution in [3.05, 3.63) is 107 Å². The fourth-order valence-corrected chi connectivity index (χ4v) is 4.24. The molecule has 34 heavy (non-hydrogen) atoms. The van der Waals surface area contributed by atoms with Crippen LogP contribution in [0.4, 0.5) is 0 Å². The molecule has 0 bridgehead atoms. The lowest BCUT2D eigenvalue weighted by Gasteiger charge is -2.26. The third-order valence-electron chi connectivity index (χ3n) is 6.19. The topological polar surface area (TPSA) is 66.8 Å². The van der Waals surface area contributed by atoms with Gasteiger partial charge >= 0.3 is 0 Å². The average molecular weight is 456 g/mol. The van der Waals surface area contributed by atoms with Gasteiger partial charge in [0.05, 0.1) is 18.7 Å². The Labute approximate surface area is 200 Å². The van der Waals surface area contributed by atoms with Crippen molar-refractivity contribution in [2.45, 2.75) is 38.8 Å². The maximum absolute atomic E-state index is 13.2. The van der Waals surface area contributed by atoms with E-state index in [1.165, 1.54) is 0 Å². The Hall–Kier alpha value is -3.86. The predicted octanol–water partition coefficient (Wildman–Crippen LogP) is 5.61. The minimum Gasteiger partial charge on any atom is -0.507 e. The highest BCUT2D eigenvalue weighted by molar-refractivity contribution is 6.46. The molecule has 3 aromatic carbocycles. The molecule has 5 heteroatoms. The van der Waals surface area contributed by atoms with E-state index < -0.39 is 17.7 Å². The van der Waals surface area contributed by atoms with Crippen LogP contribution in [0, 0.1) is 0 Å². The van der Waals surface area contributed by atoms with Gasteiger partial charge in [0.15, 0.2) is 0 Å². The largest absolute Gasteiger partial charge is 0.507 e. The Morgan fingerprint density at radius 2 is 1.53 bits per heavy atom. The van der Waals surface area contributed by atoms with Crippen molar-refractivity contribution in [1.29, 1.82) is 0 Å². The number of Topliss-reactive ketones (excluding diaryl/α,β-unsaturated/α-hetero) is 1. The Morgan fingerprint density at radius 3 is 2.09 bits per heavy atom. The lowest BCUT2D eigenvalue weighted by atomic mass is 9.85. The third kappa shape index (κ3) is 4.46. The second-order valence-electron chi connectivity index (χ2n) is 9.51. The summed E-state index contributed by atoms with van der Waals surface area (Å²) < 4.78 is 5.20. The summed E-state index contributed by atoms with van der Waals surface area (Å²) in [6.45, 7) is 6.66. The van der Waals surface area contributed by atoms with Gasteiger partial charge in [0, 0.05) is 12.1 Å². The summed E-state index contributed by atoms with van der Waals surface area (Å²) in [4.78, 5) is 27.9. The van der Waals surface area contributed by atoms with E-state index in [0.717, 1.165) is 16.7 Å². The quantitative estimate of drug-likeness (QED) is 0.308. The molecule has 1 amide bonds. The van der Waals surface area contributed by atoms with Crippen molar-refractivity contribution >= 4 is 17.4 Å². The number of carbonyl (C=O) groups excluding carboxylic acids is 2. The minimum absolute atomic E-state index is 0.0343. The van der Waals surface area contributed by atoms with Gasteiger partial charge in [0.2, 0.25) is 0 Å². The SMILES string of the molecule is COc1ccc(/C(O)=C2\C(=O)C(=O)N(Cc3ccccc3)C2c2ccc(C(C)(C)C)cc2)cc1. The molecule has 1 unspecified atom stereocenters. The van der Waals surface area contributed by atoms with Crippen LogP contribution in [0.2, 0.25) is 0 Å². The number of ether oxygens (including phenoxy) is 1. The number of hydrogen-bond acceptors (Lipinski definition) is 4. The van der Waals surface area contributed by atoms with E-state index >= 15 is 0 Å². The molecule has 1 saturated heterocycles. The molecule has 1 fully saturated rings. The monoisotopic (exact) mass is 455 g/mol. The maximum atomic E-state index is 13.2. The first-order chi connectivity index (χ1) is 16.2. The lowest BCUT2D eigenvalue weighted by Crippen LogP contribution is -2.29. The van der Waals surface area contributed by atoms with Gasteiger partial charge in [-0.05, 0) is 46.4 Å². The van der Waals surface area contributed by atoms with Crippen LogP contribution in [0.25, 0.3) is 5.76 Å². The molecule has 4 rings (SSSR count). The average Bonchev–Trinajstić information content (AvgIpc) is 3.09. The van der Waals surface area contributed by atoms with Crippen molar-refractivity contribution in [1.82, 2.24) is 4.90 Å². The number of carbonyl (C=O) groups is 2. The first kappa shape index (κ1) is 23.3. The normalized spacial score (nSPS) is 17.8. The molecule has 1 N–H and O–H groups in total. The Balaban J connectivity index is 1.84. The number of rotatable bonds is 5. The maximum Gasteiger partial charge on any atom is 0.295 e. The Morgan fingerprint density at radius 1 is 0.912 bits per heavy atom. The number of benzene rings is 3. The van der Waals surface area contributed by atoms with Crippen LogP contribution in [0.5, 0.6) is 5.75 Å². The van der Waals surface area contributed by atoms with Crippen LogP contribution >= 0.6 is 0 Å². The van der Waals surface area contributed by atoms with E-state index in [1.807, 2.05) is 54.6 Å². The first-order valence-corrected chi connectivity index (χ1v) is 11.3. The molecule has 0 saturated carbocycles. The van der Waals surface area contributed by atoms with Gasteiger partial charge in [-0.1, -0.05) is 75.4 Å². The molecule has 0 spiro atoms. The van der Waals surface area contributed by atoms with E-state index in [4.69, 9.17) is 4.74 Å². The fraction of sp³-hybridized carbons (Fsp3) is 0.241. The number of likely N-dealkylation sites (tertiary alicyclic amines) is 1. The molecule has 0 radical (unpaired) electrons. The molecule has 1 aliphatic rings. The molecule has 0 aromatic heterocycles. The molecule has 1 atom stereocenters. The molecule has 0 aliphatic carbocycles. The third-order valence-corrected chi connectivity index (χ3v) is 6.19. The van der Waals surface area contributed by atoms with Gasteiger partial charge < -0.3 is 14.7 Å². The van der Waals surface area contributed by atoms with Crippen molar-refractivity contribution < 1.29 is 19.4 Å². The van der Waals surface area contributed by atoms with Crippen LogP contribution in [-0.4, -0.2) is 28.8 Å². The summed E-state index contributed by atoms with van der Waals surface area (Å²) in [5, 5.41) is 11.2. The summed E-state index contributed by atoms with van der Waals surface area (Å²) in [6.07, 6.45) is 0. The zero-order valence-corrected chi connectivity index (χ0v) is 19.9. The van der Waals surface area contributed by atoms with E-state index in [0.29, 0.717) is 11.3 Å². The Bertz CT molecular complexity index is 1220. The van der Waals surface area contributed by atoms with Crippen molar-refractivity contribution in [2.24, 2.45) is 0 Å².